The number of carbonyl (C=O) groups excluding carboxylic acids is 1. The predicted octanol–water partition coefficient (Wildman–Crippen LogP) is 2.45. The van der Waals surface area contributed by atoms with Gasteiger partial charge < -0.3 is 11.1 Å². The summed E-state index contributed by atoms with van der Waals surface area (Å²) in [5.74, 6) is 0.940. The van der Waals surface area contributed by atoms with Crippen LogP contribution in [0.3, 0.4) is 0 Å². The van der Waals surface area contributed by atoms with Crippen molar-refractivity contribution in [1.82, 2.24) is 5.32 Å². The molecule has 0 aliphatic heterocycles. The summed E-state index contributed by atoms with van der Waals surface area (Å²) in [7, 11) is 0. The van der Waals surface area contributed by atoms with E-state index in [0.717, 1.165) is 38.6 Å². The number of rotatable bonds is 7. The molecule has 0 saturated heterocycles. The van der Waals surface area contributed by atoms with Gasteiger partial charge in [-0.05, 0) is 31.6 Å². The minimum atomic E-state index is 0.201. The third kappa shape index (κ3) is 4.66. The van der Waals surface area contributed by atoms with Gasteiger partial charge >= 0.3 is 0 Å². The third-order valence-electron chi connectivity index (χ3n) is 4.03. The standard InChI is InChI=1S/C14H28N2O/c1-3-5-7-11(4-2)14(17)16-10-12-8-6-9-13(12)15/h11-13H,3-10,15H2,1-2H3,(H,16,17). The molecule has 3 unspecified atom stereocenters. The summed E-state index contributed by atoms with van der Waals surface area (Å²) in [5, 5.41) is 3.10. The minimum Gasteiger partial charge on any atom is -0.356 e. The highest BCUT2D eigenvalue weighted by atomic mass is 16.1. The lowest BCUT2D eigenvalue weighted by atomic mass is 9.97. The fourth-order valence-corrected chi connectivity index (χ4v) is 2.67. The molecular weight excluding hydrogens is 212 g/mol. The van der Waals surface area contributed by atoms with Crippen LogP contribution in [0.1, 0.15) is 58.8 Å². The van der Waals surface area contributed by atoms with Gasteiger partial charge in [-0.2, -0.15) is 0 Å². The molecule has 1 fully saturated rings. The Bertz CT molecular complexity index is 230. The van der Waals surface area contributed by atoms with E-state index >= 15 is 0 Å². The third-order valence-corrected chi connectivity index (χ3v) is 4.03. The van der Waals surface area contributed by atoms with E-state index in [1.807, 2.05) is 0 Å². The van der Waals surface area contributed by atoms with Crippen LogP contribution >= 0.6 is 0 Å². The molecule has 0 aromatic carbocycles. The largest absolute Gasteiger partial charge is 0.356 e. The zero-order chi connectivity index (χ0) is 12.7. The van der Waals surface area contributed by atoms with Gasteiger partial charge in [-0.25, -0.2) is 0 Å². The first-order valence-electron chi connectivity index (χ1n) is 7.22. The van der Waals surface area contributed by atoms with Gasteiger partial charge in [0.15, 0.2) is 0 Å². The second-order valence-electron chi connectivity index (χ2n) is 5.35. The molecule has 3 atom stereocenters. The van der Waals surface area contributed by atoms with E-state index in [-0.39, 0.29) is 11.8 Å². The van der Waals surface area contributed by atoms with Crippen molar-refractivity contribution in [3.63, 3.8) is 0 Å². The molecule has 17 heavy (non-hydrogen) atoms. The molecule has 100 valence electrons. The quantitative estimate of drug-likeness (QED) is 0.718. The maximum atomic E-state index is 12.0. The minimum absolute atomic E-state index is 0.201. The Morgan fingerprint density at radius 2 is 2.18 bits per heavy atom. The van der Waals surface area contributed by atoms with Gasteiger partial charge in [-0.15, -0.1) is 0 Å². The Labute approximate surface area is 106 Å². The monoisotopic (exact) mass is 240 g/mol. The summed E-state index contributed by atoms with van der Waals surface area (Å²) in [6.07, 6.45) is 7.79. The molecule has 1 rings (SSSR count). The Morgan fingerprint density at radius 3 is 2.71 bits per heavy atom. The molecule has 0 bridgehead atoms. The van der Waals surface area contributed by atoms with E-state index in [1.54, 1.807) is 0 Å². The summed E-state index contributed by atoms with van der Waals surface area (Å²) >= 11 is 0. The molecular formula is C14H28N2O. The SMILES string of the molecule is CCCCC(CC)C(=O)NCC1CCCC1N. The summed E-state index contributed by atoms with van der Waals surface area (Å²) in [6, 6.07) is 0.297. The van der Waals surface area contributed by atoms with Crippen molar-refractivity contribution < 1.29 is 4.79 Å². The van der Waals surface area contributed by atoms with Gasteiger partial charge in [-0.1, -0.05) is 33.1 Å². The lowest BCUT2D eigenvalue weighted by Crippen LogP contribution is -2.38. The van der Waals surface area contributed by atoms with Crippen molar-refractivity contribution in [3.05, 3.63) is 0 Å². The molecule has 0 spiro atoms. The van der Waals surface area contributed by atoms with Crippen LogP contribution in [0.5, 0.6) is 0 Å². The summed E-state index contributed by atoms with van der Waals surface area (Å²) in [4.78, 5) is 12.0. The van der Waals surface area contributed by atoms with Crippen LogP contribution in [0.15, 0.2) is 0 Å². The lowest BCUT2D eigenvalue weighted by Gasteiger charge is -2.19. The number of hydrogen-bond acceptors (Lipinski definition) is 2. The number of unbranched alkanes of at least 4 members (excludes halogenated alkanes) is 1. The summed E-state index contributed by atoms with van der Waals surface area (Å²) in [5.41, 5.74) is 6.00. The molecule has 1 amide bonds. The van der Waals surface area contributed by atoms with Gasteiger partial charge in [0.25, 0.3) is 0 Å². The van der Waals surface area contributed by atoms with E-state index in [4.69, 9.17) is 5.73 Å². The first kappa shape index (κ1) is 14.5. The predicted molar refractivity (Wildman–Crippen MR) is 71.6 cm³/mol. The average Bonchev–Trinajstić information content (AvgIpc) is 2.73. The first-order chi connectivity index (χ1) is 8.19. The van der Waals surface area contributed by atoms with E-state index in [9.17, 15) is 4.79 Å². The molecule has 0 aromatic heterocycles. The van der Waals surface area contributed by atoms with Crippen LogP contribution in [0, 0.1) is 11.8 Å². The number of carbonyl (C=O) groups is 1. The van der Waals surface area contributed by atoms with Crippen LogP contribution in [0.4, 0.5) is 0 Å². The van der Waals surface area contributed by atoms with Gasteiger partial charge in [0.05, 0.1) is 0 Å². The molecule has 0 aromatic rings. The fourth-order valence-electron chi connectivity index (χ4n) is 2.67. The van der Waals surface area contributed by atoms with Crippen LogP contribution in [-0.2, 0) is 4.79 Å². The van der Waals surface area contributed by atoms with Crippen molar-refractivity contribution in [3.8, 4) is 0 Å². The Hall–Kier alpha value is -0.570. The zero-order valence-electron chi connectivity index (χ0n) is 11.4. The zero-order valence-corrected chi connectivity index (χ0v) is 11.4. The molecule has 3 nitrogen and oxygen atoms in total. The van der Waals surface area contributed by atoms with Gasteiger partial charge in [0.2, 0.25) is 5.91 Å². The Kier molecular flexibility index (Phi) is 6.56. The average molecular weight is 240 g/mol. The van der Waals surface area contributed by atoms with Crippen LogP contribution in [0.25, 0.3) is 0 Å². The van der Waals surface area contributed by atoms with Crippen LogP contribution in [0.2, 0.25) is 0 Å². The van der Waals surface area contributed by atoms with Gasteiger partial charge in [0.1, 0.15) is 0 Å². The van der Waals surface area contributed by atoms with Crippen LogP contribution < -0.4 is 11.1 Å². The second-order valence-corrected chi connectivity index (χ2v) is 5.35. The van der Waals surface area contributed by atoms with Crippen molar-refractivity contribution in [2.75, 3.05) is 6.54 Å². The number of hydrogen-bond donors (Lipinski definition) is 2. The molecule has 0 heterocycles. The number of nitrogens with two attached hydrogens (primary N) is 1. The first-order valence-corrected chi connectivity index (χ1v) is 7.22. The highest BCUT2D eigenvalue weighted by molar-refractivity contribution is 5.78. The maximum absolute atomic E-state index is 12.0. The highest BCUT2D eigenvalue weighted by Crippen LogP contribution is 2.23. The molecule has 3 heteroatoms. The van der Waals surface area contributed by atoms with Crippen molar-refractivity contribution >= 4 is 5.91 Å². The topological polar surface area (TPSA) is 55.1 Å². The fraction of sp³-hybridized carbons (Fsp3) is 0.929. The van der Waals surface area contributed by atoms with Crippen molar-refractivity contribution in [2.24, 2.45) is 17.6 Å². The van der Waals surface area contributed by atoms with Crippen LogP contribution in [-0.4, -0.2) is 18.5 Å². The smallest absolute Gasteiger partial charge is 0.223 e. The number of nitrogens with one attached hydrogen (secondary N) is 1. The molecule has 1 saturated carbocycles. The van der Waals surface area contributed by atoms with Crippen molar-refractivity contribution in [2.45, 2.75) is 64.8 Å². The second kappa shape index (κ2) is 7.70. The molecule has 1 aliphatic carbocycles. The van der Waals surface area contributed by atoms with E-state index in [0.29, 0.717) is 12.0 Å². The van der Waals surface area contributed by atoms with Gasteiger partial charge in [-0.3, -0.25) is 4.79 Å². The lowest BCUT2D eigenvalue weighted by molar-refractivity contribution is -0.125. The molecule has 3 N–H and O–H groups in total. The molecule has 1 aliphatic rings. The highest BCUT2D eigenvalue weighted by Gasteiger charge is 2.25. The van der Waals surface area contributed by atoms with E-state index in [2.05, 4.69) is 19.2 Å². The van der Waals surface area contributed by atoms with E-state index in [1.165, 1.54) is 12.8 Å². The summed E-state index contributed by atoms with van der Waals surface area (Å²) < 4.78 is 0. The van der Waals surface area contributed by atoms with Gasteiger partial charge in [0, 0.05) is 18.5 Å². The van der Waals surface area contributed by atoms with E-state index < -0.39 is 0 Å². The summed E-state index contributed by atoms with van der Waals surface area (Å²) in [6.45, 7) is 5.05. The Morgan fingerprint density at radius 1 is 1.41 bits per heavy atom. The number of amides is 1. The normalized spacial score (nSPS) is 25.8. The maximum Gasteiger partial charge on any atom is 0.223 e. The molecule has 0 radical (unpaired) electrons. The Balaban J connectivity index is 2.26. The van der Waals surface area contributed by atoms with Crippen molar-refractivity contribution in [1.29, 1.82) is 0 Å².